The summed E-state index contributed by atoms with van der Waals surface area (Å²) in [6.45, 7) is 3.98. The van der Waals surface area contributed by atoms with Crippen LogP contribution in [0.15, 0.2) is 41.3 Å². The van der Waals surface area contributed by atoms with Crippen LogP contribution in [0.3, 0.4) is 0 Å². The molecule has 1 fully saturated rings. The average molecular weight is 484 g/mol. The summed E-state index contributed by atoms with van der Waals surface area (Å²) < 4.78 is 66.5. The fourth-order valence-electron chi connectivity index (χ4n) is 3.65. The lowest BCUT2D eigenvalue weighted by Crippen LogP contribution is -2.42. The first kappa shape index (κ1) is 24.1. The van der Waals surface area contributed by atoms with Crippen LogP contribution in [0, 0.1) is 12.7 Å². The number of hydrogen-bond donors (Lipinski definition) is 2. The van der Waals surface area contributed by atoms with Crippen molar-refractivity contribution in [1.29, 1.82) is 0 Å². The molecule has 2 aromatic rings. The Bertz CT molecular complexity index is 1250. The Hall–Kier alpha value is -2.50. The summed E-state index contributed by atoms with van der Waals surface area (Å²) in [4.78, 5) is 12.9. The van der Waals surface area contributed by atoms with Crippen LogP contribution >= 0.6 is 0 Å². The standard InChI is InChI=1S/C21H26FN3O5S2/c1-14-7-9-17(32(29,30)25-11-5-4-6-15(25)2)13-18(14)21(26)23-16-8-10-19(22)20(12-16)24-31(3,27)28/h7-10,12-13,15,24H,4-6,11H2,1-3H3,(H,23,26). The molecule has 1 heterocycles. The van der Waals surface area contributed by atoms with Gasteiger partial charge in [0, 0.05) is 23.8 Å². The average Bonchev–Trinajstić information content (AvgIpc) is 2.69. The van der Waals surface area contributed by atoms with Gasteiger partial charge in [-0.05, 0) is 62.6 Å². The van der Waals surface area contributed by atoms with Gasteiger partial charge in [-0.3, -0.25) is 9.52 Å². The number of rotatable bonds is 6. The lowest BCUT2D eigenvalue weighted by Gasteiger charge is -2.32. The van der Waals surface area contributed by atoms with E-state index in [1.807, 2.05) is 11.6 Å². The highest BCUT2D eigenvalue weighted by atomic mass is 32.2. The van der Waals surface area contributed by atoms with Crippen molar-refractivity contribution in [3.05, 3.63) is 53.3 Å². The molecule has 1 aliphatic heterocycles. The Labute approximate surface area is 187 Å². The second-order valence-electron chi connectivity index (χ2n) is 7.96. The lowest BCUT2D eigenvalue weighted by atomic mass is 10.1. The second-order valence-corrected chi connectivity index (χ2v) is 11.6. The van der Waals surface area contributed by atoms with Crippen molar-refractivity contribution >= 4 is 37.3 Å². The normalized spacial score (nSPS) is 17.7. The minimum Gasteiger partial charge on any atom is -0.322 e. The zero-order chi connectivity index (χ0) is 23.7. The molecule has 1 saturated heterocycles. The first-order valence-corrected chi connectivity index (χ1v) is 13.4. The predicted octanol–water partition coefficient (Wildman–Crippen LogP) is 3.32. The van der Waals surface area contributed by atoms with Crippen molar-refractivity contribution in [3.8, 4) is 0 Å². The summed E-state index contributed by atoms with van der Waals surface area (Å²) in [5, 5.41) is 2.57. The summed E-state index contributed by atoms with van der Waals surface area (Å²) in [5.74, 6) is -1.39. The molecule has 1 aliphatic rings. The summed E-state index contributed by atoms with van der Waals surface area (Å²) in [6, 6.07) is 7.72. The van der Waals surface area contributed by atoms with Gasteiger partial charge in [-0.1, -0.05) is 12.5 Å². The molecule has 2 N–H and O–H groups in total. The third kappa shape index (κ3) is 5.45. The molecule has 2 aromatic carbocycles. The molecular formula is C21H26FN3O5S2. The summed E-state index contributed by atoms with van der Waals surface area (Å²) >= 11 is 0. The molecule has 8 nitrogen and oxygen atoms in total. The number of amides is 1. The molecule has 174 valence electrons. The first-order valence-electron chi connectivity index (χ1n) is 10.1. The topological polar surface area (TPSA) is 113 Å². The third-order valence-electron chi connectivity index (χ3n) is 5.32. The van der Waals surface area contributed by atoms with Crippen molar-refractivity contribution in [1.82, 2.24) is 4.31 Å². The molecule has 0 aliphatic carbocycles. The molecule has 3 rings (SSSR count). The van der Waals surface area contributed by atoms with E-state index < -0.39 is 31.8 Å². The lowest BCUT2D eigenvalue weighted by molar-refractivity contribution is 0.102. The van der Waals surface area contributed by atoms with Gasteiger partial charge >= 0.3 is 0 Å². The van der Waals surface area contributed by atoms with E-state index in [0.717, 1.165) is 37.7 Å². The number of carbonyl (C=O) groups is 1. The molecule has 0 saturated carbocycles. The molecule has 0 radical (unpaired) electrons. The van der Waals surface area contributed by atoms with Crippen molar-refractivity contribution in [2.45, 2.75) is 44.0 Å². The van der Waals surface area contributed by atoms with Gasteiger partial charge in [-0.15, -0.1) is 0 Å². The summed E-state index contributed by atoms with van der Waals surface area (Å²) in [6.07, 6.45) is 3.43. The van der Waals surface area contributed by atoms with E-state index in [1.165, 1.54) is 22.5 Å². The van der Waals surface area contributed by atoms with Gasteiger partial charge in [0.2, 0.25) is 20.0 Å². The molecule has 0 bridgehead atoms. The third-order valence-corrected chi connectivity index (χ3v) is 7.92. The molecule has 1 atom stereocenters. The van der Waals surface area contributed by atoms with Crippen LogP contribution in [-0.2, 0) is 20.0 Å². The Balaban J connectivity index is 1.89. The number of hydrogen-bond acceptors (Lipinski definition) is 5. The monoisotopic (exact) mass is 483 g/mol. The minimum atomic E-state index is -3.76. The highest BCUT2D eigenvalue weighted by Gasteiger charge is 2.31. The number of nitrogens with one attached hydrogen (secondary N) is 2. The van der Waals surface area contributed by atoms with Gasteiger partial charge in [0.05, 0.1) is 16.8 Å². The van der Waals surface area contributed by atoms with E-state index in [9.17, 15) is 26.0 Å². The van der Waals surface area contributed by atoms with E-state index in [-0.39, 0.29) is 27.9 Å². The van der Waals surface area contributed by atoms with E-state index in [1.54, 1.807) is 13.0 Å². The fourth-order valence-corrected chi connectivity index (χ4v) is 5.93. The van der Waals surface area contributed by atoms with Crippen LogP contribution in [0.2, 0.25) is 0 Å². The highest BCUT2D eigenvalue weighted by molar-refractivity contribution is 7.92. The number of piperidine rings is 1. The molecule has 0 spiro atoms. The number of aryl methyl sites for hydroxylation is 1. The molecule has 11 heteroatoms. The number of halogens is 1. The van der Waals surface area contributed by atoms with Crippen LogP contribution in [-0.4, -0.2) is 45.9 Å². The number of nitrogens with zero attached hydrogens (tertiary/aromatic N) is 1. The van der Waals surface area contributed by atoms with Gasteiger partial charge in [-0.2, -0.15) is 4.31 Å². The Kier molecular flexibility index (Phi) is 6.91. The number of benzene rings is 2. The fraction of sp³-hybridized carbons (Fsp3) is 0.381. The Morgan fingerprint density at radius 2 is 1.81 bits per heavy atom. The van der Waals surface area contributed by atoms with Crippen molar-refractivity contribution < 1.29 is 26.0 Å². The van der Waals surface area contributed by atoms with Crippen LogP contribution in [0.5, 0.6) is 0 Å². The van der Waals surface area contributed by atoms with Crippen LogP contribution in [0.25, 0.3) is 0 Å². The largest absolute Gasteiger partial charge is 0.322 e. The van der Waals surface area contributed by atoms with Crippen molar-refractivity contribution in [2.24, 2.45) is 0 Å². The molecule has 0 aromatic heterocycles. The molecular weight excluding hydrogens is 457 g/mol. The summed E-state index contributed by atoms with van der Waals surface area (Å²) in [5.41, 5.74) is 0.555. The zero-order valence-electron chi connectivity index (χ0n) is 18.1. The predicted molar refractivity (Wildman–Crippen MR) is 121 cm³/mol. The second kappa shape index (κ2) is 9.16. The maximum absolute atomic E-state index is 13.9. The van der Waals surface area contributed by atoms with Crippen molar-refractivity contribution in [3.63, 3.8) is 0 Å². The maximum atomic E-state index is 13.9. The van der Waals surface area contributed by atoms with E-state index in [2.05, 4.69) is 5.32 Å². The molecule has 1 unspecified atom stereocenters. The van der Waals surface area contributed by atoms with Gasteiger partial charge in [0.25, 0.3) is 5.91 Å². The number of sulfonamides is 2. The van der Waals surface area contributed by atoms with E-state index in [4.69, 9.17) is 0 Å². The van der Waals surface area contributed by atoms with Crippen molar-refractivity contribution in [2.75, 3.05) is 22.8 Å². The SMILES string of the molecule is Cc1ccc(S(=O)(=O)N2CCCCC2C)cc1C(=O)Nc1ccc(F)c(NS(C)(=O)=O)c1. The van der Waals surface area contributed by atoms with Crippen LogP contribution in [0.4, 0.5) is 15.8 Å². The van der Waals surface area contributed by atoms with E-state index in [0.29, 0.717) is 12.1 Å². The Morgan fingerprint density at radius 3 is 2.47 bits per heavy atom. The van der Waals surface area contributed by atoms with Gasteiger partial charge in [0.15, 0.2) is 0 Å². The molecule has 1 amide bonds. The van der Waals surface area contributed by atoms with Crippen LogP contribution in [0.1, 0.15) is 42.1 Å². The van der Waals surface area contributed by atoms with Gasteiger partial charge in [0.1, 0.15) is 5.82 Å². The number of anilines is 2. The van der Waals surface area contributed by atoms with E-state index >= 15 is 0 Å². The summed E-state index contributed by atoms with van der Waals surface area (Å²) in [7, 11) is -7.48. The Morgan fingerprint density at radius 1 is 1.09 bits per heavy atom. The highest BCUT2D eigenvalue weighted by Crippen LogP contribution is 2.27. The number of carbonyl (C=O) groups excluding carboxylic acids is 1. The zero-order valence-corrected chi connectivity index (χ0v) is 19.7. The quantitative estimate of drug-likeness (QED) is 0.655. The maximum Gasteiger partial charge on any atom is 0.255 e. The van der Waals surface area contributed by atoms with Crippen LogP contribution < -0.4 is 10.0 Å². The van der Waals surface area contributed by atoms with Gasteiger partial charge in [-0.25, -0.2) is 21.2 Å². The minimum absolute atomic E-state index is 0.0283. The smallest absolute Gasteiger partial charge is 0.255 e. The van der Waals surface area contributed by atoms with Gasteiger partial charge < -0.3 is 5.32 Å². The first-order chi connectivity index (χ1) is 14.9. The molecule has 32 heavy (non-hydrogen) atoms.